The highest BCUT2D eigenvalue weighted by Gasteiger charge is 2.46. The standard InChI is InChI=1S/C27H21F3NOP/c28-27(29,30)26(32)31-25-19-11-10-12-21(25)20-33(22-13-4-1-5-14-22,23-15-6-2-7-16-23)24-17-8-3-9-18-24/h1-19H,20H2/p+1. The lowest BCUT2D eigenvalue weighted by atomic mass is 10.2. The average Bonchev–Trinajstić information content (AvgIpc) is 2.84. The first-order valence-corrected chi connectivity index (χ1v) is 12.4. The first-order valence-electron chi connectivity index (χ1n) is 10.4. The molecular formula is C27H22F3NOP+. The molecule has 0 aliphatic carbocycles. The van der Waals surface area contributed by atoms with E-state index in [9.17, 15) is 18.0 Å². The maximum Gasteiger partial charge on any atom is 0.471 e. The molecule has 0 heterocycles. The fraction of sp³-hybridized carbons (Fsp3) is 0.0741. The molecule has 4 aromatic carbocycles. The molecule has 0 unspecified atom stereocenters. The molecular weight excluding hydrogens is 442 g/mol. The normalized spacial score (nSPS) is 11.7. The molecule has 4 aromatic rings. The molecule has 4 rings (SSSR count). The molecule has 0 spiro atoms. The Morgan fingerprint density at radius 2 is 1.03 bits per heavy atom. The van der Waals surface area contributed by atoms with Crippen LogP contribution in [0.3, 0.4) is 0 Å². The Morgan fingerprint density at radius 3 is 1.45 bits per heavy atom. The minimum absolute atomic E-state index is 0.173. The van der Waals surface area contributed by atoms with E-state index >= 15 is 0 Å². The van der Waals surface area contributed by atoms with E-state index in [4.69, 9.17) is 0 Å². The molecule has 0 aromatic heterocycles. The maximum atomic E-state index is 13.0. The van der Waals surface area contributed by atoms with Gasteiger partial charge >= 0.3 is 12.1 Å². The van der Waals surface area contributed by atoms with E-state index in [0.29, 0.717) is 11.7 Å². The molecule has 0 aliphatic rings. The van der Waals surface area contributed by atoms with E-state index in [0.717, 1.165) is 15.9 Å². The van der Waals surface area contributed by atoms with Crippen molar-refractivity contribution in [1.29, 1.82) is 0 Å². The fourth-order valence-corrected chi connectivity index (χ4v) is 8.27. The van der Waals surface area contributed by atoms with E-state index in [2.05, 4.69) is 41.7 Å². The van der Waals surface area contributed by atoms with Gasteiger partial charge in [-0.1, -0.05) is 72.8 Å². The third kappa shape index (κ3) is 4.84. The van der Waals surface area contributed by atoms with Crippen molar-refractivity contribution in [2.75, 3.05) is 5.32 Å². The van der Waals surface area contributed by atoms with Gasteiger partial charge in [0.15, 0.2) is 0 Å². The Bertz CT molecular complexity index is 1120. The van der Waals surface area contributed by atoms with Crippen LogP contribution in [-0.2, 0) is 11.0 Å². The highest BCUT2D eigenvalue weighted by Crippen LogP contribution is 2.58. The van der Waals surface area contributed by atoms with Crippen LogP contribution in [-0.4, -0.2) is 12.1 Å². The summed E-state index contributed by atoms with van der Waals surface area (Å²) in [5.74, 6) is -1.97. The molecule has 1 amide bonds. The summed E-state index contributed by atoms with van der Waals surface area (Å²) in [4.78, 5) is 11.7. The molecule has 0 atom stereocenters. The summed E-state index contributed by atoms with van der Waals surface area (Å²) in [5, 5.41) is 5.41. The first kappa shape index (κ1) is 22.8. The Labute approximate surface area is 191 Å². The average molecular weight is 464 g/mol. The summed E-state index contributed by atoms with van der Waals surface area (Å²) >= 11 is 0. The molecule has 0 saturated carbocycles. The smallest absolute Gasteiger partial charge is 0.318 e. The fourth-order valence-electron chi connectivity index (χ4n) is 4.00. The van der Waals surface area contributed by atoms with Crippen molar-refractivity contribution in [2.45, 2.75) is 12.3 Å². The molecule has 0 saturated heterocycles. The van der Waals surface area contributed by atoms with Crippen LogP contribution in [0.25, 0.3) is 0 Å². The monoisotopic (exact) mass is 464 g/mol. The molecule has 33 heavy (non-hydrogen) atoms. The summed E-state index contributed by atoms with van der Waals surface area (Å²) in [7, 11) is -2.32. The number of amides is 1. The Hall–Kier alpha value is -3.43. The molecule has 2 nitrogen and oxygen atoms in total. The van der Waals surface area contributed by atoms with Gasteiger partial charge in [0.1, 0.15) is 29.3 Å². The number of anilines is 1. The number of carbonyl (C=O) groups is 1. The predicted molar refractivity (Wildman–Crippen MR) is 130 cm³/mol. The summed E-state index contributed by atoms with van der Waals surface area (Å²) in [6.07, 6.45) is -4.50. The lowest BCUT2D eigenvalue weighted by molar-refractivity contribution is -0.167. The van der Waals surface area contributed by atoms with Gasteiger partial charge < -0.3 is 5.32 Å². The second-order valence-corrected chi connectivity index (χ2v) is 11.1. The summed E-state index contributed by atoms with van der Waals surface area (Å²) in [5.41, 5.74) is 0.826. The van der Waals surface area contributed by atoms with Gasteiger partial charge in [-0.25, -0.2) is 0 Å². The van der Waals surface area contributed by atoms with Crippen molar-refractivity contribution < 1.29 is 18.0 Å². The number of halogens is 3. The van der Waals surface area contributed by atoms with Crippen LogP contribution in [0, 0.1) is 0 Å². The van der Waals surface area contributed by atoms with Crippen LogP contribution < -0.4 is 21.2 Å². The molecule has 0 fully saturated rings. The highest BCUT2D eigenvalue weighted by molar-refractivity contribution is 7.95. The van der Waals surface area contributed by atoms with Gasteiger partial charge in [-0.2, -0.15) is 13.2 Å². The predicted octanol–water partition coefficient (Wildman–Crippen LogP) is 5.68. The van der Waals surface area contributed by atoms with Crippen molar-refractivity contribution >= 4 is 34.8 Å². The van der Waals surface area contributed by atoms with E-state index in [1.807, 2.05) is 54.6 Å². The van der Waals surface area contributed by atoms with Gasteiger partial charge in [0, 0.05) is 11.3 Å². The Kier molecular flexibility index (Phi) is 6.62. The van der Waals surface area contributed by atoms with Crippen LogP contribution in [0.4, 0.5) is 18.9 Å². The van der Waals surface area contributed by atoms with Crippen LogP contribution in [0.15, 0.2) is 115 Å². The highest BCUT2D eigenvalue weighted by atomic mass is 31.2. The van der Waals surface area contributed by atoms with Gasteiger partial charge in [0.2, 0.25) is 0 Å². The quantitative estimate of drug-likeness (QED) is 0.366. The van der Waals surface area contributed by atoms with Crippen LogP contribution >= 0.6 is 7.26 Å². The Balaban J connectivity index is 1.92. The molecule has 0 radical (unpaired) electrons. The lowest BCUT2D eigenvalue weighted by Crippen LogP contribution is -2.33. The second kappa shape index (κ2) is 9.60. The largest absolute Gasteiger partial charge is 0.471 e. The topological polar surface area (TPSA) is 29.1 Å². The minimum Gasteiger partial charge on any atom is -0.318 e. The number of carbonyl (C=O) groups excluding carboxylic acids is 1. The van der Waals surface area contributed by atoms with Crippen LogP contribution in [0.5, 0.6) is 0 Å². The zero-order valence-electron chi connectivity index (χ0n) is 17.7. The van der Waals surface area contributed by atoms with Gasteiger partial charge in [-0.05, 0) is 42.5 Å². The van der Waals surface area contributed by atoms with Crippen molar-refractivity contribution in [1.82, 2.24) is 0 Å². The van der Waals surface area contributed by atoms with E-state index < -0.39 is 19.3 Å². The molecule has 0 aliphatic heterocycles. The molecule has 0 bridgehead atoms. The van der Waals surface area contributed by atoms with E-state index in [-0.39, 0.29) is 5.69 Å². The summed E-state index contributed by atoms with van der Waals surface area (Å²) in [6, 6.07) is 36.9. The summed E-state index contributed by atoms with van der Waals surface area (Å²) in [6.45, 7) is 0. The van der Waals surface area contributed by atoms with Gasteiger partial charge in [0.05, 0.1) is 0 Å². The third-order valence-corrected chi connectivity index (χ3v) is 9.88. The number of hydrogen-bond donors (Lipinski definition) is 1. The number of hydrogen-bond acceptors (Lipinski definition) is 1. The lowest BCUT2D eigenvalue weighted by Gasteiger charge is -2.28. The Morgan fingerprint density at radius 1 is 0.636 bits per heavy atom. The van der Waals surface area contributed by atoms with Crippen LogP contribution in [0.1, 0.15) is 5.56 Å². The van der Waals surface area contributed by atoms with Gasteiger partial charge in [-0.3, -0.25) is 4.79 Å². The minimum atomic E-state index is -4.96. The van der Waals surface area contributed by atoms with Crippen molar-refractivity contribution in [3.8, 4) is 0 Å². The zero-order chi connectivity index (χ0) is 23.3. The van der Waals surface area contributed by atoms with Gasteiger partial charge in [-0.15, -0.1) is 0 Å². The van der Waals surface area contributed by atoms with Gasteiger partial charge in [0.25, 0.3) is 0 Å². The van der Waals surface area contributed by atoms with Crippen molar-refractivity contribution in [3.05, 3.63) is 121 Å². The van der Waals surface area contributed by atoms with Crippen LogP contribution in [0.2, 0.25) is 0 Å². The molecule has 6 heteroatoms. The summed E-state index contributed by atoms with van der Waals surface area (Å²) < 4.78 is 39.0. The second-order valence-electron chi connectivity index (χ2n) is 7.58. The van der Waals surface area contributed by atoms with E-state index in [1.165, 1.54) is 6.07 Å². The van der Waals surface area contributed by atoms with Crippen molar-refractivity contribution in [2.24, 2.45) is 0 Å². The zero-order valence-corrected chi connectivity index (χ0v) is 18.6. The number of rotatable bonds is 6. The van der Waals surface area contributed by atoms with E-state index in [1.54, 1.807) is 18.2 Å². The molecule has 166 valence electrons. The maximum absolute atomic E-state index is 13.0. The van der Waals surface area contributed by atoms with Crippen molar-refractivity contribution in [3.63, 3.8) is 0 Å². The molecule has 1 N–H and O–H groups in total. The number of benzene rings is 4. The number of para-hydroxylation sites is 1. The SMILES string of the molecule is O=C(Nc1ccccc1C[P+](c1ccccc1)(c1ccccc1)c1ccccc1)C(F)(F)F. The third-order valence-electron chi connectivity index (χ3n) is 5.52. The number of nitrogens with one attached hydrogen (secondary N) is 1. The first-order chi connectivity index (χ1) is 15.9. The number of alkyl halides is 3.